The maximum Gasteiger partial charge on any atom is 0.407 e. The summed E-state index contributed by atoms with van der Waals surface area (Å²) >= 11 is 0. The third-order valence-electron chi connectivity index (χ3n) is 4.53. The van der Waals surface area contributed by atoms with Crippen molar-refractivity contribution in [2.45, 2.75) is 64.3 Å². The van der Waals surface area contributed by atoms with Crippen LogP contribution in [0.1, 0.15) is 45.6 Å². The summed E-state index contributed by atoms with van der Waals surface area (Å²) in [6.07, 6.45) is 3.64. The summed E-state index contributed by atoms with van der Waals surface area (Å²) in [5, 5.41) is 2.79. The summed E-state index contributed by atoms with van der Waals surface area (Å²) in [4.78, 5) is 14.3. The van der Waals surface area contributed by atoms with E-state index in [0.29, 0.717) is 12.6 Å². The van der Waals surface area contributed by atoms with E-state index in [-0.39, 0.29) is 0 Å². The molecule has 2 atom stereocenters. The Hall–Kier alpha value is -1.75. The number of alkyl carbamates (subject to hydrolysis) is 1. The summed E-state index contributed by atoms with van der Waals surface area (Å²) in [5.41, 5.74) is 0.482. The molecule has 1 heterocycles. The quantitative estimate of drug-likeness (QED) is 0.812. The third kappa shape index (κ3) is 4.63. The molecule has 1 aromatic rings. The van der Waals surface area contributed by atoms with Crippen molar-refractivity contribution in [3.05, 3.63) is 29.8 Å². The van der Waals surface area contributed by atoms with Gasteiger partial charge in [-0.25, -0.2) is 4.79 Å². The van der Waals surface area contributed by atoms with Crippen LogP contribution in [0, 0.1) is 0 Å². The fourth-order valence-electron chi connectivity index (χ4n) is 2.97. The van der Waals surface area contributed by atoms with E-state index in [4.69, 9.17) is 9.47 Å². The summed E-state index contributed by atoms with van der Waals surface area (Å²) in [5.74, 6) is 0.842. The van der Waals surface area contributed by atoms with Crippen molar-refractivity contribution < 1.29 is 14.3 Å². The van der Waals surface area contributed by atoms with Gasteiger partial charge in [0.05, 0.1) is 6.04 Å². The highest BCUT2D eigenvalue weighted by Gasteiger charge is 2.42. The van der Waals surface area contributed by atoms with Crippen molar-refractivity contribution in [1.29, 1.82) is 0 Å². The van der Waals surface area contributed by atoms with E-state index in [0.717, 1.165) is 30.5 Å². The van der Waals surface area contributed by atoms with Gasteiger partial charge in [0, 0.05) is 24.7 Å². The predicted molar refractivity (Wildman–Crippen MR) is 93.1 cm³/mol. The predicted octanol–water partition coefficient (Wildman–Crippen LogP) is 3.33. The van der Waals surface area contributed by atoms with Gasteiger partial charge in [-0.15, -0.1) is 0 Å². The first-order valence-electron chi connectivity index (χ1n) is 8.86. The first-order chi connectivity index (χ1) is 11.4. The lowest BCUT2D eigenvalue weighted by molar-refractivity contribution is 0.0523. The molecule has 5 heteroatoms. The van der Waals surface area contributed by atoms with E-state index in [1.807, 2.05) is 45.0 Å². The number of carbonyl (C=O) groups excluding carboxylic acids is 1. The molecule has 24 heavy (non-hydrogen) atoms. The maximum atomic E-state index is 11.8. The van der Waals surface area contributed by atoms with Crippen LogP contribution in [0.3, 0.4) is 0 Å². The first kappa shape index (κ1) is 17.1. The Balaban J connectivity index is 1.47. The van der Waals surface area contributed by atoms with E-state index >= 15 is 0 Å². The molecule has 2 aliphatic rings. The Kier molecular flexibility index (Phi) is 4.99. The van der Waals surface area contributed by atoms with Crippen LogP contribution < -0.4 is 10.1 Å². The molecule has 0 bridgehead atoms. The highest BCUT2D eigenvalue weighted by atomic mass is 16.6. The van der Waals surface area contributed by atoms with Gasteiger partial charge in [0.2, 0.25) is 0 Å². The van der Waals surface area contributed by atoms with E-state index < -0.39 is 11.7 Å². The Bertz CT molecular complexity index is 578. The maximum absolute atomic E-state index is 11.8. The average Bonchev–Trinajstić information content (AvgIpc) is 3.19. The van der Waals surface area contributed by atoms with Gasteiger partial charge in [-0.2, -0.15) is 0 Å². The summed E-state index contributed by atoms with van der Waals surface area (Å²) < 4.78 is 11.3. The molecule has 0 aromatic heterocycles. The largest absolute Gasteiger partial charge is 0.492 e. The SMILES string of the molecule is CC(C)(C)OC(=O)NCc1ccccc1OCC1CN1C1CCC1. The van der Waals surface area contributed by atoms with Crippen LogP contribution >= 0.6 is 0 Å². The van der Waals surface area contributed by atoms with Crippen LogP contribution in [0.5, 0.6) is 5.75 Å². The molecule has 1 amide bonds. The standard InChI is InChI=1S/C19H28N2O3/c1-19(2,3)24-18(22)20-11-14-7-4-5-10-17(14)23-13-16-12-21(16)15-8-6-9-15/h4-5,7,10,15-16H,6,8-9,11-13H2,1-3H3,(H,20,22). The molecule has 5 nitrogen and oxygen atoms in total. The van der Waals surface area contributed by atoms with Gasteiger partial charge in [-0.05, 0) is 39.7 Å². The van der Waals surface area contributed by atoms with Gasteiger partial charge in [0.25, 0.3) is 0 Å². The van der Waals surface area contributed by atoms with Crippen molar-refractivity contribution in [2.24, 2.45) is 0 Å². The third-order valence-corrected chi connectivity index (χ3v) is 4.53. The molecular formula is C19H28N2O3. The summed E-state index contributed by atoms with van der Waals surface area (Å²) in [7, 11) is 0. The zero-order chi connectivity index (χ0) is 17.2. The molecule has 1 aliphatic heterocycles. The smallest absolute Gasteiger partial charge is 0.407 e. The van der Waals surface area contributed by atoms with Crippen molar-refractivity contribution in [1.82, 2.24) is 10.2 Å². The van der Waals surface area contributed by atoms with E-state index in [9.17, 15) is 4.79 Å². The number of hydrogen-bond acceptors (Lipinski definition) is 4. The molecule has 132 valence electrons. The minimum Gasteiger partial charge on any atom is -0.492 e. The van der Waals surface area contributed by atoms with Gasteiger partial charge < -0.3 is 14.8 Å². The van der Waals surface area contributed by atoms with Crippen LogP contribution in [-0.4, -0.2) is 41.8 Å². The Morgan fingerprint density at radius 1 is 1.29 bits per heavy atom. The Morgan fingerprint density at radius 3 is 2.71 bits per heavy atom. The van der Waals surface area contributed by atoms with Crippen LogP contribution in [-0.2, 0) is 11.3 Å². The number of carbonyl (C=O) groups is 1. The molecule has 1 saturated heterocycles. The number of nitrogens with one attached hydrogen (secondary N) is 1. The van der Waals surface area contributed by atoms with Crippen molar-refractivity contribution in [3.8, 4) is 5.75 Å². The normalized spacial score (nSPS) is 23.3. The number of hydrogen-bond donors (Lipinski definition) is 1. The number of rotatable bonds is 6. The number of nitrogens with zero attached hydrogens (tertiary/aromatic N) is 1. The number of benzene rings is 1. The molecule has 1 aromatic carbocycles. The first-order valence-corrected chi connectivity index (χ1v) is 8.86. The molecule has 2 unspecified atom stereocenters. The molecule has 0 spiro atoms. The highest BCUT2D eigenvalue weighted by molar-refractivity contribution is 5.67. The van der Waals surface area contributed by atoms with Crippen LogP contribution in [0.15, 0.2) is 24.3 Å². The minimum atomic E-state index is -0.489. The minimum absolute atomic E-state index is 0.405. The van der Waals surface area contributed by atoms with Crippen molar-refractivity contribution >= 4 is 6.09 Å². The topological polar surface area (TPSA) is 50.6 Å². The molecular weight excluding hydrogens is 304 g/mol. The van der Waals surface area contributed by atoms with Gasteiger partial charge in [0.1, 0.15) is 18.0 Å². The zero-order valence-corrected chi connectivity index (χ0v) is 14.9. The van der Waals surface area contributed by atoms with Gasteiger partial charge in [0.15, 0.2) is 0 Å². The number of ether oxygens (including phenoxy) is 2. The second kappa shape index (κ2) is 7.01. The average molecular weight is 332 g/mol. The van der Waals surface area contributed by atoms with E-state index in [1.165, 1.54) is 19.3 Å². The van der Waals surface area contributed by atoms with Crippen LogP contribution in [0.25, 0.3) is 0 Å². The Morgan fingerprint density at radius 2 is 2.04 bits per heavy atom. The lowest BCUT2D eigenvalue weighted by Gasteiger charge is -2.27. The molecule has 0 radical (unpaired) electrons. The van der Waals surface area contributed by atoms with Crippen LogP contribution in [0.4, 0.5) is 4.79 Å². The molecule has 1 aliphatic carbocycles. The Labute approximate surface area is 144 Å². The molecule has 1 saturated carbocycles. The molecule has 1 N–H and O–H groups in total. The lowest BCUT2D eigenvalue weighted by atomic mass is 9.93. The fraction of sp³-hybridized carbons (Fsp3) is 0.632. The van der Waals surface area contributed by atoms with Crippen molar-refractivity contribution in [3.63, 3.8) is 0 Å². The number of para-hydroxylation sites is 1. The van der Waals surface area contributed by atoms with Crippen molar-refractivity contribution in [2.75, 3.05) is 13.2 Å². The monoisotopic (exact) mass is 332 g/mol. The highest BCUT2D eigenvalue weighted by Crippen LogP contribution is 2.34. The van der Waals surface area contributed by atoms with Crippen LogP contribution in [0.2, 0.25) is 0 Å². The van der Waals surface area contributed by atoms with Gasteiger partial charge in [-0.1, -0.05) is 24.6 Å². The second-order valence-corrected chi connectivity index (χ2v) is 7.71. The molecule has 2 fully saturated rings. The fourth-order valence-corrected chi connectivity index (χ4v) is 2.97. The van der Waals surface area contributed by atoms with E-state index in [2.05, 4.69) is 10.2 Å². The zero-order valence-electron chi connectivity index (χ0n) is 14.9. The lowest BCUT2D eigenvalue weighted by Crippen LogP contribution is -2.32. The molecule has 3 rings (SSSR count). The van der Waals surface area contributed by atoms with Gasteiger partial charge in [-0.3, -0.25) is 4.90 Å². The van der Waals surface area contributed by atoms with E-state index in [1.54, 1.807) is 0 Å². The second-order valence-electron chi connectivity index (χ2n) is 7.71. The number of amides is 1. The summed E-state index contributed by atoms with van der Waals surface area (Å²) in [6, 6.07) is 9.20. The van der Waals surface area contributed by atoms with Gasteiger partial charge >= 0.3 is 6.09 Å². The summed E-state index contributed by atoms with van der Waals surface area (Å²) in [6.45, 7) is 7.85.